The van der Waals surface area contributed by atoms with Crippen LogP contribution in [0.25, 0.3) is 0 Å². The first-order chi connectivity index (χ1) is 8.56. The summed E-state index contributed by atoms with van der Waals surface area (Å²) in [5, 5.41) is 13.1. The highest BCUT2D eigenvalue weighted by atomic mass is 35.5. The first kappa shape index (κ1) is 14.7. The van der Waals surface area contributed by atoms with Crippen molar-refractivity contribution in [3.8, 4) is 0 Å². The summed E-state index contributed by atoms with van der Waals surface area (Å²) < 4.78 is 0. The van der Waals surface area contributed by atoms with Crippen LogP contribution in [0.5, 0.6) is 0 Å². The van der Waals surface area contributed by atoms with Crippen molar-refractivity contribution < 1.29 is 9.90 Å². The van der Waals surface area contributed by atoms with E-state index in [0.717, 1.165) is 6.42 Å². The minimum Gasteiger partial charge on any atom is -0.387 e. The summed E-state index contributed by atoms with van der Waals surface area (Å²) in [5.41, 5.74) is 1.28. The lowest BCUT2D eigenvalue weighted by Gasteiger charge is -2.13. The van der Waals surface area contributed by atoms with Crippen molar-refractivity contribution in [1.82, 2.24) is 5.32 Å². The Hall–Kier alpha value is -1.32. The van der Waals surface area contributed by atoms with E-state index in [2.05, 4.69) is 5.32 Å². The van der Waals surface area contributed by atoms with Gasteiger partial charge < -0.3 is 10.4 Å². The van der Waals surface area contributed by atoms with Gasteiger partial charge in [-0.3, -0.25) is 4.79 Å². The fraction of sp³-hybridized carbons (Fsp3) is 0.357. The molecule has 1 aromatic rings. The summed E-state index contributed by atoms with van der Waals surface area (Å²) in [6.45, 7) is 3.87. The van der Waals surface area contributed by atoms with Crippen LogP contribution in [-0.4, -0.2) is 17.6 Å². The second-order valence-electron chi connectivity index (χ2n) is 4.04. The summed E-state index contributed by atoms with van der Waals surface area (Å²) in [6, 6.07) is 7.05. The number of allylic oxidation sites excluding steroid dienone is 1. The van der Waals surface area contributed by atoms with E-state index in [0.29, 0.717) is 16.2 Å². The number of nitrogens with one attached hydrogen (secondary N) is 1. The molecule has 1 amide bonds. The lowest BCUT2D eigenvalue weighted by atomic mass is 10.1. The number of amides is 1. The molecule has 0 spiro atoms. The molecule has 2 N–H and O–H groups in total. The topological polar surface area (TPSA) is 49.3 Å². The van der Waals surface area contributed by atoms with Crippen molar-refractivity contribution in [2.75, 3.05) is 6.54 Å². The molecule has 18 heavy (non-hydrogen) atoms. The van der Waals surface area contributed by atoms with Crippen molar-refractivity contribution >= 4 is 17.5 Å². The second kappa shape index (κ2) is 7.19. The molecule has 1 atom stereocenters. The van der Waals surface area contributed by atoms with Crippen LogP contribution in [0.15, 0.2) is 35.9 Å². The highest BCUT2D eigenvalue weighted by molar-refractivity contribution is 6.31. The van der Waals surface area contributed by atoms with Gasteiger partial charge >= 0.3 is 0 Å². The van der Waals surface area contributed by atoms with Crippen LogP contribution in [0.2, 0.25) is 5.02 Å². The zero-order valence-electron chi connectivity index (χ0n) is 10.6. The molecule has 0 saturated carbocycles. The van der Waals surface area contributed by atoms with Gasteiger partial charge in [0.1, 0.15) is 0 Å². The van der Waals surface area contributed by atoms with Crippen LogP contribution in [0.3, 0.4) is 0 Å². The average molecular weight is 268 g/mol. The van der Waals surface area contributed by atoms with Crippen LogP contribution >= 0.6 is 11.6 Å². The van der Waals surface area contributed by atoms with Crippen molar-refractivity contribution in [3.63, 3.8) is 0 Å². The SMILES string of the molecule is CC/C=C(/C)C(=O)NCC(O)c1ccccc1Cl. The molecule has 0 radical (unpaired) electrons. The van der Waals surface area contributed by atoms with Gasteiger partial charge in [-0.25, -0.2) is 0 Å². The Bertz CT molecular complexity index is 443. The molecule has 1 aromatic carbocycles. The van der Waals surface area contributed by atoms with Crippen LogP contribution < -0.4 is 5.32 Å². The summed E-state index contributed by atoms with van der Waals surface area (Å²) in [5.74, 6) is -0.164. The third kappa shape index (κ3) is 4.17. The fourth-order valence-corrected chi connectivity index (χ4v) is 1.84. The molecule has 0 fully saturated rings. The minimum absolute atomic E-state index is 0.150. The Labute approximate surface area is 112 Å². The Balaban J connectivity index is 2.57. The fourth-order valence-electron chi connectivity index (χ4n) is 1.58. The van der Waals surface area contributed by atoms with E-state index in [9.17, 15) is 9.90 Å². The van der Waals surface area contributed by atoms with E-state index in [1.165, 1.54) is 0 Å². The number of carbonyl (C=O) groups is 1. The standard InChI is InChI=1S/C14H18ClNO2/c1-3-6-10(2)14(18)16-9-13(17)11-7-4-5-8-12(11)15/h4-8,13,17H,3,9H2,1-2H3,(H,16,18)/b10-6-. The number of hydrogen-bond acceptors (Lipinski definition) is 2. The molecular weight excluding hydrogens is 250 g/mol. The number of carbonyl (C=O) groups excluding carboxylic acids is 1. The smallest absolute Gasteiger partial charge is 0.246 e. The lowest BCUT2D eigenvalue weighted by molar-refractivity contribution is -0.117. The molecule has 0 bridgehead atoms. The molecule has 0 saturated heterocycles. The number of aliphatic hydroxyl groups excluding tert-OH is 1. The third-order valence-corrected chi connectivity index (χ3v) is 2.93. The molecule has 0 heterocycles. The van der Waals surface area contributed by atoms with Crippen LogP contribution in [-0.2, 0) is 4.79 Å². The van der Waals surface area contributed by atoms with Gasteiger partial charge in [-0.2, -0.15) is 0 Å². The van der Waals surface area contributed by atoms with Crippen molar-refractivity contribution in [2.45, 2.75) is 26.4 Å². The number of aliphatic hydroxyl groups is 1. The highest BCUT2D eigenvalue weighted by Crippen LogP contribution is 2.21. The van der Waals surface area contributed by atoms with Gasteiger partial charge in [0, 0.05) is 22.7 Å². The normalized spacial score (nSPS) is 13.2. The Morgan fingerprint density at radius 1 is 1.50 bits per heavy atom. The zero-order valence-corrected chi connectivity index (χ0v) is 11.4. The Morgan fingerprint density at radius 3 is 2.78 bits per heavy atom. The largest absolute Gasteiger partial charge is 0.387 e. The second-order valence-corrected chi connectivity index (χ2v) is 4.45. The van der Waals surface area contributed by atoms with Gasteiger partial charge in [0.25, 0.3) is 0 Å². The molecule has 0 aliphatic heterocycles. The van der Waals surface area contributed by atoms with Crippen LogP contribution in [0.1, 0.15) is 31.9 Å². The van der Waals surface area contributed by atoms with Gasteiger partial charge in [-0.1, -0.05) is 42.8 Å². The maximum atomic E-state index is 11.6. The molecule has 0 aliphatic rings. The number of benzene rings is 1. The lowest BCUT2D eigenvalue weighted by Crippen LogP contribution is -2.29. The van der Waals surface area contributed by atoms with E-state index in [-0.39, 0.29) is 12.5 Å². The molecule has 1 unspecified atom stereocenters. The zero-order chi connectivity index (χ0) is 13.5. The van der Waals surface area contributed by atoms with E-state index < -0.39 is 6.10 Å². The maximum absolute atomic E-state index is 11.6. The van der Waals surface area contributed by atoms with Gasteiger partial charge in [-0.05, 0) is 19.4 Å². The summed E-state index contributed by atoms with van der Waals surface area (Å²) in [6.07, 6.45) is 1.86. The molecule has 0 aromatic heterocycles. The first-order valence-electron chi connectivity index (χ1n) is 5.93. The number of hydrogen-bond donors (Lipinski definition) is 2. The molecule has 3 nitrogen and oxygen atoms in total. The quantitative estimate of drug-likeness (QED) is 0.806. The summed E-state index contributed by atoms with van der Waals surface area (Å²) in [7, 11) is 0. The predicted octanol–water partition coefficient (Wildman–Crippen LogP) is 2.85. The van der Waals surface area contributed by atoms with E-state index in [4.69, 9.17) is 11.6 Å². The van der Waals surface area contributed by atoms with Crippen molar-refractivity contribution in [3.05, 3.63) is 46.5 Å². The van der Waals surface area contributed by atoms with Crippen molar-refractivity contribution in [2.24, 2.45) is 0 Å². The molecule has 4 heteroatoms. The predicted molar refractivity (Wildman–Crippen MR) is 73.5 cm³/mol. The van der Waals surface area contributed by atoms with E-state index in [1.54, 1.807) is 31.2 Å². The summed E-state index contributed by atoms with van der Waals surface area (Å²) >= 11 is 5.96. The Kier molecular flexibility index (Phi) is 5.89. The third-order valence-electron chi connectivity index (χ3n) is 2.59. The number of rotatable bonds is 5. The van der Waals surface area contributed by atoms with Crippen LogP contribution in [0, 0.1) is 0 Å². The molecule has 0 aliphatic carbocycles. The Morgan fingerprint density at radius 2 is 2.17 bits per heavy atom. The minimum atomic E-state index is -0.794. The van der Waals surface area contributed by atoms with Crippen molar-refractivity contribution in [1.29, 1.82) is 0 Å². The van der Waals surface area contributed by atoms with Gasteiger partial charge in [0.05, 0.1) is 6.10 Å². The van der Waals surface area contributed by atoms with Gasteiger partial charge in [0.15, 0.2) is 0 Å². The average Bonchev–Trinajstić information content (AvgIpc) is 2.36. The monoisotopic (exact) mass is 267 g/mol. The van der Waals surface area contributed by atoms with Gasteiger partial charge in [0.2, 0.25) is 5.91 Å². The van der Waals surface area contributed by atoms with Gasteiger partial charge in [-0.15, -0.1) is 0 Å². The first-order valence-corrected chi connectivity index (χ1v) is 6.31. The molecule has 98 valence electrons. The summed E-state index contributed by atoms with van der Waals surface area (Å²) in [4.78, 5) is 11.6. The van der Waals surface area contributed by atoms with Crippen LogP contribution in [0.4, 0.5) is 0 Å². The maximum Gasteiger partial charge on any atom is 0.246 e. The van der Waals surface area contributed by atoms with E-state index >= 15 is 0 Å². The number of halogens is 1. The highest BCUT2D eigenvalue weighted by Gasteiger charge is 2.12. The van der Waals surface area contributed by atoms with E-state index in [1.807, 2.05) is 13.0 Å². The molecular formula is C14H18ClNO2. The molecule has 1 rings (SSSR count).